The standard InChI is InChI=1S/C19H20N4O2/c1-13-15(6-5-7-16(13)25-2)14-9-10-18-21-23(19(24)22(18)12-14)17-8-3-4-11-20-17/h3-8,11,14H,9-10,12H2,1-2H3. The Bertz CT molecular complexity index is 959. The third kappa shape index (κ3) is 2.63. The molecule has 1 aliphatic rings. The van der Waals surface area contributed by atoms with Crippen LogP contribution in [0.25, 0.3) is 5.82 Å². The molecule has 3 aromatic rings. The van der Waals surface area contributed by atoms with E-state index in [0.717, 1.165) is 30.0 Å². The molecule has 0 saturated carbocycles. The maximum atomic E-state index is 12.8. The van der Waals surface area contributed by atoms with E-state index in [-0.39, 0.29) is 11.6 Å². The van der Waals surface area contributed by atoms with E-state index in [4.69, 9.17) is 4.74 Å². The normalized spacial score (nSPS) is 16.5. The molecule has 1 atom stereocenters. The van der Waals surface area contributed by atoms with Gasteiger partial charge in [0.1, 0.15) is 11.6 Å². The number of fused-ring (bicyclic) bond motifs is 1. The highest BCUT2D eigenvalue weighted by Crippen LogP contribution is 2.33. The predicted molar refractivity (Wildman–Crippen MR) is 94.4 cm³/mol. The van der Waals surface area contributed by atoms with Crippen molar-refractivity contribution in [3.05, 3.63) is 70.0 Å². The number of nitrogens with zero attached hydrogens (tertiary/aromatic N) is 4. The van der Waals surface area contributed by atoms with Crippen LogP contribution in [0, 0.1) is 6.92 Å². The van der Waals surface area contributed by atoms with E-state index in [9.17, 15) is 4.79 Å². The van der Waals surface area contributed by atoms with Gasteiger partial charge in [0.2, 0.25) is 0 Å². The third-order valence-electron chi connectivity index (χ3n) is 4.91. The van der Waals surface area contributed by atoms with Gasteiger partial charge in [0.15, 0.2) is 5.82 Å². The summed E-state index contributed by atoms with van der Waals surface area (Å²) >= 11 is 0. The lowest BCUT2D eigenvalue weighted by Crippen LogP contribution is -2.29. The van der Waals surface area contributed by atoms with Crippen LogP contribution in [0.4, 0.5) is 0 Å². The number of aryl methyl sites for hydroxylation is 1. The van der Waals surface area contributed by atoms with Crippen LogP contribution in [-0.2, 0) is 13.0 Å². The second-order valence-corrected chi connectivity index (χ2v) is 6.32. The number of aromatic nitrogens is 4. The second kappa shape index (κ2) is 6.20. The first-order valence-electron chi connectivity index (χ1n) is 8.42. The number of pyridine rings is 1. The van der Waals surface area contributed by atoms with Crippen molar-refractivity contribution in [1.29, 1.82) is 0 Å². The third-order valence-corrected chi connectivity index (χ3v) is 4.91. The highest BCUT2D eigenvalue weighted by molar-refractivity contribution is 5.41. The zero-order chi connectivity index (χ0) is 17.4. The quantitative estimate of drug-likeness (QED) is 0.737. The maximum Gasteiger partial charge on any atom is 0.352 e. The first-order valence-corrected chi connectivity index (χ1v) is 8.42. The van der Waals surface area contributed by atoms with Crippen LogP contribution < -0.4 is 10.4 Å². The van der Waals surface area contributed by atoms with Gasteiger partial charge in [0.05, 0.1) is 7.11 Å². The van der Waals surface area contributed by atoms with E-state index in [1.807, 2.05) is 24.3 Å². The summed E-state index contributed by atoms with van der Waals surface area (Å²) in [7, 11) is 1.69. The topological polar surface area (TPSA) is 61.9 Å². The molecular formula is C19H20N4O2. The number of hydrogen-bond donors (Lipinski definition) is 0. The van der Waals surface area contributed by atoms with E-state index in [1.165, 1.54) is 10.2 Å². The Kier molecular flexibility index (Phi) is 3.87. The molecule has 6 nitrogen and oxygen atoms in total. The Morgan fingerprint density at radius 3 is 2.84 bits per heavy atom. The van der Waals surface area contributed by atoms with Crippen molar-refractivity contribution >= 4 is 0 Å². The molecule has 0 aliphatic carbocycles. The van der Waals surface area contributed by atoms with Crippen molar-refractivity contribution in [2.45, 2.75) is 32.2 Å². The molecule has 4 rings (SSSR count). The van der Waals surface area contributed by atoms with Gasteiger partial charge in [-0.2, -0.15) is 4.68 Å². The lowest BCUT2D eigenvalue weighted by atomic mass is 9.88. The van der Waals surface area contributed by atoms with Crippen molar-refractivity contribution in [1.82, 2.24) is 19.3 Å². The summed E-state index contributed by atoms with van der Waals surface area (Å²) in [5.74, 6) is 2.55. The summed E-state index contributed by atoms with van der Waals surface area (Å²) in [5.41, 5.74) is 2.25. The van der Waals surface area contributed by atoms with Gasteiger partial charge in [-0.15, -0.1) is 5.10 Å². The van der Waals surface area contributed by atoms with Crippen LogP contribution in [0.3, 0.4) is 0 Å². The maximum absolute atomic E-state index is 12.8. The molecule has 1 unspecified atom stereocenters. The highest BCUT2D eigenvalue weighted by atomic mass is 16.5. The Labute approximate surface area is 145 Å². The summed E-state index contributed by atoms with van der Waals surface area (Å²) in [6, 6.07) is 11.6. The Morgan fingerprint density at radius 2 is 2.08 bits per heavy atom. The predicted octanol–water partition coefficient (Wildman–Crippen LogP) is 2.48. The Hall–Kier alpha value is -2.89. The fourth-order valence-electron chi connectivity index (χ4n) is 3.60. The van der Waals surface area contributed by atoms with Crippen molar-refractivity contribution in [3.8, 4) is 11.6 Å². The van der Waals surface area contributed by atoms with Crippen molar-refractivity contribution in [2.24, 2.45) is 0 Å². The molecule has 0 N–H and O–H groups in total. The summed E-state index contributed by atoms with van der Waals surface area (Å²) in [4.78, 5) is 17.0. The Morgan fingerprint density at radius 1 is 1.20 bits per heavy atom. The molecule has 0 saturated heterocycles. The summed E-state index contributed by atoms with van der Waals surface area (Å²) in [6.07, 6.45) is 3.41. The monoisotopic (exact) mass is 336 g/mol. The first-order chi connectivity index (χ1) is 12.2. The smallest absolute Gasteiger partial charge is 0.352 e. The van der Waals surface area contributed by atoms with E-state index in [1.54, 1.807) is 23.9 Å². The molecule has 0 radical (unpaired) electrons. The van der Waals surface area contributed by atoms with Gasteiger partial charge in [-0.25, -0.2) is 9.78 Å². The fraction of sp³-hybridized carbons (Fsp3) is 0.316. The van der Waals surface area contributed by atoms with Crippen LogP contribution in [-0.4, -0.2) is 26.4 Å². The summed E-state index contributed by atoms with van der Waals surface area (Å²) in [5, 5.41) is 4.48. The van der Waals surface area contributed by atoms with Crippen LogP contribution in [0.5, 0.6) is 5.75 Å². The van der Waals surface area contributed by atoms with Crippen molar-refractivity contribution in [2.75, 3.05) is 7.11 Å². The number of hydrogen-bond acceptors (Lipinski definition) is 4. The molecular weight excluding hydrogens is 316 g/mol. The van der Waals surface area contributed by atoms with Gasteiger partial charge in [-0.1, -0.05) is 18.2 Å². The zero-order valence-electron chi connectivity index (χ0n) is 14.3. The number of rotatable bonds is 3. The molecule has 0 spiro atoms. The van der Waals surface area contributed by atoms with Gasteiger partial charge in [-0.05, 0) is 42.7 Å². The van der Waals surface area contributed by atoms with E-state index in [2.05, 4.69) is 23.1 Å². The van der Waals surface area contributed by atoms with Crippen LogP contribution in [0.1, 0.15) is 29.3 Å². The minimum atomic E-state index is -0.126. The SMILES string of the molecule is COc1cccc(C2CCc3nn(-c4ccccn4)c(=O)n3C2)c1C. The number of benzene rings is 1. The van der Waals surface area contributed by atoms with E-state index >= 15 is 0 Å². The van der Waals surface area contributed by atoms with Crippen LogP contribution in [0.2, 0.25) is 0 Å². The minimum absolute atomic E-state index is 0.126. The fourth-order valence-corrected chi connectivity index (χ4v) is 3.60. The van der Waals surface area contributed by atoms with Crippen molar-refractivity contribution < 1.29 is 4.74 Å². The summed E-state index contributed by atoms with van der Waals surface area (Å²) in [6.45, 7) is 2.71. The molecule has 2 aromatic heterocycles. The molecule has 1 aliphatic heterocycles. The zero-order valence-corrected chi connectivity index (χ0v) is 14.3. The lowest BCUT2D eigenvalue weighted by molar-refractivity contribution is 0.406. The lowest BCUT2D eigenvalue weighted by Gasteiger charge is -2.24. The van der Waals surface area contributed by atoms with Gasteiger partial charge in [-0.3, -0.25) is 4.57 Å². The second-order valence-electron chi connectivity index (χ2n) is 6.32. The molecule has 0 fully saturated rings. The molecule has 0 amide bonds. The minimum Gasteiger partial charge on any atom is -0.496 e. The first kappa shape index (κ1) is 15.6. The van der Waals surface area contributed by atoms with Gasteiger partial charge in [0.25, 0.3) is 0 Å². The number of ether oxygens (including phenoxy) is 1. The Balaban J connectivity index is 1.71. The largest absolute Gasteiger partial charge is 0.496 e. The molecule has 6 heteroatoms. The van der Waals surface area contributed by atoms with Gasteiger partial charge >= 0.3 is 5.69 Å². The van der Waals surface area contributed by atoms with Gasteiger partial charge in [0, 0.05) is 25.1 Å². The molecule has 1 aromatic carbocycles. The van der Waals surface area contributed by atoms with Crippen molar-refractivity contribution in [3.63, 3.8) is 0 Å². The average molecular weight is 336 g/mol. The van der Waals surface area contributed by atoms with E-state index < -0.39 is 0 Å². The van der Waals surface area contributed by atoms with E-state index in [0.29, 0.717) is 12.4 Å². The molecule has 25 heavy (non-hydrogen) atoms. The van der Waals surface area contributed by atoms with Gasteiger partial charge < -0.3 is 4.74 Å². The molecule has 3 heterocycles. The highest BCUT2D eigenvalue weighted by Gasteiger charge is 2.26. The number of methoxy groups -OCH3 is 1. The van der Waals surface area contributed by atoms with Crippen LogP contribution >= 0.6 is 0 Å². The summed E-state index contributed by atoms with van der Waals surface area (Å²) < 4.78 is 8.62. The van der Waals surface area contributed by atoms with Crippen LogP contribution in [0.15, 0.2) is 47.4 Å². The molecule has 128 valence electrons. The average Bonchev–Trinajstić information content (AvgIpc) is 2.99. The molecule has 0 bridgehead atoms.